The van der Waals surface area contributed by atoms with Crippen LogP contribution < -0.4 is 47.9 Å². The molecule has 18 rings (SSSR count). The molecule has 0 unspecified atom stereocenters. The van der Waals surface area contributed by atoms with Crippen LogP contribution >= 0.6 is 0 Å². The van der Waals surface area contributed by atoms with E-state index in [9.17, 15) is 43.2 Å². The van der Waals surface area contributed by atoms with E-state index in [2.05, 4.69) is 190 Å². The maximum absolute atomic E-state index is 11.2. The van der Waals surface area contributed by atoms with Crippen LogP contribution in [0, 0.1) is 0 Å². The Balaban J connectivity index is 0.000000148. The van der Waals surface area contributed by atoms with Crippen LogP contribution in [0.5, 0.6) is 0 Å². The van der Waals surface area contributed by atoms with Gasteiger partial charge in [0.05, 0.1) is 0 Å². The molecule has 9 N–H and O–H groups in total. The van der Waals surface area contributed by atoms with E-state index in [1.165, 1.54) is 11.1 Å². The zero-order valence-electron chi connectivity index (χ0n) is 73.5. The van der Waals surface area contributed by atoms with E-state index >= 15 is 0 Å². The van der Waals surface area contributed by atoms with Gasteiger partial charge < -0.3 is 0 Å². The Bertz CT molecular complexity index is 5330. The topological polar surface area (TPSA) is 378 Å². The maximum atomic E-state index is 11.2. The predicted molar refractivity (Wildman–Crippen MR) is 511 cm³/mol. The van der Waals surface area contributed by atoms with Crippen LogP contribution in [0.1, 0.15) is 279 Å². The Morgan fingerprint density at radius 1 is 0.214 bits per heavy atom. The summed E-state index contributed by atoms with van der Waals surface area (Å²) in [5, 5.41) is 23.9. The van der Waals surface area contributed by atoms with Gasteiger partial charge in [-0.1, -0.05) is 0 Å². The van der Waals surface area contributed by atoms with E-state index in [4.69, 9.17) is 67.4 Å². The van der Waals surface area contributed by atoms with Gasteiger partial charge in [-0.15, -0.1) is 0 Å². The summed E-state index contributed by atoms with van der Waals surface area (Å²) in [5.41, 5.74) is 20.3. The number of carbonyl (C=O) groups excluding carboxylic acids is 9. The predicted octanol–water partition coefficient (Wildman–Crippen LogP) is 7.61. The monoisotopic (exact) mass is 1670 g/mol. The second-order valence-electron chi connectivity index (χ2n) is 33.0. The van der Waals surface area contributed by atoms with Crippen molar-refractivity contribution in [2.75, 3.05) is 47.9 Å². The molecule has 0 atom stereocenters. The molecule has 9 aromatic rings. The van der Waals surface area contributed by atoms with Crippen LogP contribution in [0.2, 0.25) is 0 Å². The first-order valence-electron chi connectivity index (χ1n) is 40.8. The average molecular weight is 1670 g/mol. The molecule has 16 heterocycles. The van der Waals surface area contributed by atoms with E-state index in [0.717, 1.165) is 73.3 Å². The number of rotatable bonds is 9. The standard InChI is InChI=1S/2C11H11BNO.5C10H10BN2O.2C9H9BN3O/c1-6(2)7-3-4-9-8(5-7)10(12)11(14)13-9;1-6(2)7-3-4-8-9(5-7)13-11(14)10(8)12;1-5(2)7-3-8-6(4-12-7)9(11)10(14)13-8;1-5(2)6-3-7-9(12-4-6)8(11)10(14)13-7;1-5(2)6-3-7-8(11)10(14)13-9(7)12-4-6;1-5(2)7-4-3-6-8(11)10(14)13-9(6)12-7;1-5(2)6-3-4-7-9(12-6)8(11)10(14)13-7;1-4(2)7-11-3-5-6(10)9(14)13-8(5)12-7;1-4(2)5-3-11-7-6(10)9(14)13-8(7)12-5/h2*3-6H,1-2H3,(H,13,14);2*3-5H,1-2H3,(H,13,14);2*3-5H,1-2H3,(H,12,13,14);3-5H,1-2H3,(H,13,14);3-4H,1-2H3,(H,11,12,13,14);3-4H,1-2H3,(H,12,13,14). The Labute approximate surface area is 742 Å². The zero-order chi connectivity index (χ0) is 92.6. The number of hydrogen-bond acceptors (Lipinski definition) is 18. The summed E-state index contributed by atoms with van der Waals surface area (Å²) in [7, 11) is 50.3. The van der Waals surface area contributed by atoms with Gasteiger partial charge in [-0.25, -0.2) is 0 Å². The summed E-state index contributed by atoms with van der Waals surface area (Å²) in [6, 6.07) is 25.0. The molecule has 9 aliphatic rings. The third-order valence-corrected chi connectivity index (χ3v) is 20.7. The van der Waals surface area contributed by atoms with Crippen LogP contribution in [-0.2, 0) is 43.2 Å². The van der Waals surface area contributed by atoms with Crippen molar-refractivity contribution in [3.8, 4) is 0 Å². The van der Waals surface area contributed by atoms with Gasteiger partial charge in [-0.05, 0) is 0 Å². The first-order chi connectivity index (χ1) is 59.3. The molecule has 7 aromatic heterocycles. The van der Waals surface area contributed by atoms with Crippen molar-refractivity contribution < 1.29 is 43.2 Å². The molecule has 9 amide bonds. The third-order valence-electron chi connectivity index (χ3n) is 20.7. The van der Waals surface area contributed by atoms with E-state index < -0.39 is 0 Å². The summed E-state index contributed by atoms with van der Waals surface area (Å²) in [4.78, 5) is 139. The van der Waals surface area contributed by atoms with Gasteiger partial charge in [0.25, 0.3) is 0 Å². The Kier molecular flexibility index (Phi) is 30.5. The van der Waals surface area contributed by atoms with Crippen LogP contribution in [0.25, 0.3) is 0 Å². The summed E-state index contributed by atoms with van der Waals surface area (Å²) in [6.45, 7) is 37.1. The van der Waals surface area contributed by atoms with Crippen molar-refractivity contribution in [1.82, 2.24) is 44.9 Å². The molecule has 27 nitrogen and oxygen atoms in total. The van der Waals surface area contributed by atoms with Crippen LogP contribution in [-0.4, -0.2) is 215 Å². The number of carbonyl (C=O) groups is 9. The van der Waals surface area contributed by atoms with E-state index in [-0.39, 0.29) is 103 Å². The van der Waals surface area contributed by atoms with E-state index in [1.807, 2.05) is 107 Å². The molecule has 36 heteroatoms. The van der Waals surface area contributed by atoms with Gasteiger partial charge in [-0.3, -0.25) is 0 Å². The number of pyridine rings is 5. The van der Waals surface area contributed by atoms with Gasteiger partial charge in [-0.2, -0.15) is 0 Å². The fourth-order valence-corrected chi connectivity index (χ4v) is 12.7. The molecular formula is C90H90B9N18O9. The number of amides is 9. The van der Waals surface area contributed by atoms with Crippen molar-refractivity contribution in [2.45, 2.75) is 178 Å². The summed E-state index contributed by atoms with van der Waals surface area (Å²) < 4.78 is 0. The molecule has 0 saturated heterocycles. The van der Waals surface area contributed by atoms with Gasteiger partial charge >= 0.3 is 746 Å². The van der Waals surface area contributed by atoms with Crippen molar-refractivity contribution in [3.05, 3.63) is 211 Å². The molecule has 9 aliphatic heterocycles. The average Bonchev–Trinajstić information content (AvgIpc) is 1.71. The van der Waals surface area contributed by atoms with E-state index in [0.29, 0.717) is 121 Å². The number of nitrogens with one attached hydrogen (secondary N) is 9. The second kappa shape index (κ2) is 40.3. The molecule has 2 aromatic carbocycles. The minimum atomic E-state index is -0.319. The van der Waals surface area contributed by atoms with Gasteiger partial charge in [0, 0.05) is 0 Å². The molecule has 0 saturated carbocycles. The molecule has 0 bridgehead atoms. The van der Waals surface area contributed by atoms with Crippen molar-refractivity contribution in [3.63, 3.8) is 0 Å². The second-order valence-corrected chi connectivity index (χ2v) is 33.0. The van der Waals surface area contributed by atoms with Crippen molar-refractivity contribution in [2.24, 2.45) is 0 Å². The first-order valence-corrected chi connectivity index (χ1v) is 40.8. The Hall–Kier alpha value is -13.0. The number of fused-ring (bicyclic) bond motifs is 9. The summed E-state index contributed by atoms with van der Waals surface area (Å²) in [6.07, 6.45) is 8.42. The fraction of sp³-hybridized carbons (Fsp3) is 0.300. The first kappa shape index (κ1) is 95.2. The Morgan fingerprint density at radius 2 is 0.587 bits per heavy atom. The molecule has 126 heavy (non-hydrogen) atoms. The molecule has 0 aliphatic carbocycles. The summed E-state index contributed by atoms with van der Waals surface area (Å²) >= 11 is 0. The van der Waals surface area contributed by atoms with Gasteiger partial charge in [0.15, 0.2) is 0 Å². The number of nitrogens with zero attached hydrogens (tertiary/aromatic N) is 9. The number of anilines is 9. The van der Waals surface area contributed by atoms with Crippen LogP contribution in [0.15, 0.2) is 110 Å². The molecule has 621 valence electrons. The Morgan fingerprint density at radius 3 is 1.17 bits per heavy atom. The van der Waals surface area contributed by atoms with E-state index in [1.54, 1.807) is 31.0 Å². The summed E-state index contributed by atoms with van der Waals surface area (Å²) in [5.74, 6) is 3.82. The number of benzene rings is 2. The quantitative estimate of drug-likeness (QED) is 0.0627. The molecule has 0 spiro atoms. The normalized spacial score (nSPS) is 14.4. The zero-order valence-corrected chi connectivity index (χ0v) is 73.5. The number of aromatic nitrogens is 9. The molecular weight excluding hydrogens is 1570 g/mol. The van der Waals surface area contributed by atoms with Crippen LogP contribution in [0.3, 0.4) is 0 Å². The molecule has 9 radical (unpaired) electrons. The van der Waals surface area contributed by atoms with Crippen molar-refractivity contribution >= 4 is 221 Å². The molecule has 0 fully saturated rings. The minimum absolute atomic E-state index is 0.141. The number of hydrogen-bond donors (Lipinski definition) is 9. The van der Waals surface area contributed by atoms with Crippen LogP contribution in [0.4, 0.5) is 51.7 Å². The van der Waals surface area contributed by atoms with Gasteiger partial charge in [0.2, 0.25) is 0 Å². The van der Waals surface area contributed by atoms with Gasteiger partial charge in [0.1, 0.15) is 0 Å². The fourth-order valence-electron chi connectivity index (χ4n) is 12.7. The SMILES string of the molecule is [B]=C1C(=O)Nc2cc(C(C)C)ccc21.[B]=C1C(=O)Nc2cc(C(C)C)cnc21.[B]=C1C(=O)Nc2cc(C(C)C)ncc21.[B]=C1C(=O)Nc2ccc(C(C)C)cc21.[B]=C1C(=O)Nc2ccc(C(C)C)nc21.[B]=C1C(=O)Nc2nc(C(C)C)ccc21.[B]=C1C(=O)Nc2nc(C(C)C)cnc21.[B]=C1C(=O)Nc2nc(C(C)C)ncc21.[B]=C1C(=O)Nc2ncc(C(C)C)cc21. The van der Waals surface area contributed by atoms with Crippen molar-refractivity contribution in [1.29, 1.82) is 0 Å². The third kappa shape index (κ3) is 21.8.